The van der Waals surface area contributed by atoms with E-state index in [0.717, 1.165) is 37.6 Å². The van der Waals surface area contributed by atoms with Crippen LogP contribution in [0.25, 0.3) is 0 Å². The summed E-state index contributed by atoms with van der Waals surface area (Å²) in [5.74, 6) is 2.37. The Morgan fingerprint density at radius 3 is 2.41 bits per heavy atom. The lowest BCUT2D eigenvalue weighted by Crippen LogP contribution is -2.62. The highest BCUT2D eigenvalue weighted by atomic mass is 32.2. The van der Waals surface area contributed by atoms with E-state index in [1.54, 1.807) is 0 Å². The van der Waals surface area contributed by atoms with Crippen LogP contribution in [0.15, 0.2) is 34.4 Å². The smallest absolute Gasteiger partial charge is 0.0961 e. The zero-order valence-corrected chi connectivity index (χ0v) is 27.9. The molecule has 4 aliphatic rings. The molecule has 6 nitrogen and oxygen atoms in total. The number of fused-ring (bicyclic) bond motifs is 2. The van der Waals surface area contributed by atoms with Gasteiger partial charge in [-0.05, 0) is 94.5 Å². The van der Waals surface area contributed by atoms with Crippen molar-refractivity contribution >= 4 is 11.8 Å². The second-order valence-electron chi connectivity index (χ2n) is 14.1. The van der Waals surface area contributed by atoms with Crippen LogP contribution in [0.5, 0.6) is 0 Å². The average molecular weight is 588 g/mol. The van der Waals surface area contributed by atoms with Crippen molar-refractivity contribution in [3.63, 3.8) is 0 Å². The van der Waals surface area contributed by atoms with Gasteiger partial charge in [0.15, 0.2) is 0 Å². The largest absolute Gasteiger partial charge is 0.381 e. The van der Waals surface area contributed by atoms with E-state index in [0.29, 0.717) is 30.1 Å². The summed E-state index contributed by atoms with van der Waals surface area (Å²) < 4.78 is 0. The fraction of sp³-hybridized carbons (Fsp3) is 0.824. The lowest BCUT2D eigenvalue weighted by Gasteiger charge is -2.43. The summed E-state index contributed by atoms with van der Waals surface area (Å²) in [7, 11) is 0. The summed E-state index contributed by atoms with van der Waals surface area (Å²) in [5, 5.41) is 14.5. The van der Waals surface area contributed by atoms with Gasteiger partial charge >= 0.3 is 0 Å². The van der Waals surface area contributed by atoms with Crippen LogP contribution in [-0.2, 0) is 0 Å². The highest BCUT2D eigenvalue weighted by molar-refractivity contribution is 8.03. The quantitative estimate of drug-likeness (QED) is 0.129. The lowest BCUT2D eigenvalue weighted by atomic mass is 9.88. The third-order valence-electron chi connectivity index (χ3n) is 10.2. The van der Waals surface area contributed by atoms with Crippen molar-refractivity contribution in [2.24, 2.45) is 11.8 Å². The molecule has 2 saturated heterocycles. The summed E-state index contributed by atoms with van der Waals surface area (Å²) in [4.78, 5) is 6.76. The first-order chi connectivity index (χ1) is 19.7. The fourth-order valence-electron chi connectivity index (χ4n) is 7.56. The maximum Gasteiger partial charge on any atom is 0.0961 e. The Morgan fingerprint density at radius 1 is 1.12 bits per heavy atom. The molecule has 1 aliphatic carbocycles. The zero-order chi connectivity index (χ0) is 29.4. The summed E-state index contributed by atoms with van der Waals surface area (Å²) in [5.41, 5.74) is 9.52. The first-order valence-corrected chi connectivity index (χ1v) is 17.8. The maximum atomic E-state index is 10.6. The number of piperidine rings is 1. The van der Waals surface area contributed by atoms with Crippen molar-refractivity contribution < 1.29 is 5.11 Å². The van der Waals surface area contributed by atoms with Crippen LogP contribution in [-0.4, -0.2) is 70.3 Å². The molecule has 41 heavy (non-hydrogen) atoms. The second kappa shape index (κ2) is 15.8. The first kappa shape index (κ1) is 33.1. The minimum atomic E-state index is -0.179. The average Bonchev–Trinajstić information content (AvgIpc) is 3.20. The Hall–Kier alpha value is -0.830. The molecule has 4 rings (SSSR count). The van der Waals surface area contributed by atoms with Crippen molar-refractivity contribution in [2.75, 3.05) is 25.6 Å². The molecule has 3 fully saturated rings. The van der Waals surface area contributed by atoms with Crippen LogP contribution in [0.1, 0.15) is 112 Å². The SMILES string of the molecule is CCC1=CC=C([C@H](CCN2C3CCC2CC(NC(C)(C)NN/C=C(/C)C(C)C)C3)N(CO)CC2CCCCC2)CS1. The monoisotopic (exact) mass is 587 g/mol. The molecule has 4 N–H and O–H groups in total. The van der Waals surface area contributed by atoms with E-state index in [4.69, 9.17) is 0 Å². The van der Waals surface area contributed by atoms with Gasteiger partial charge in [0.2, 0.25) is 0 Å². The molecule has 0 aromatic heterocycles. The number of thioether (sulfide) groups is 1. The van der Waals surface area contributed by atoms with Gasteiger partial charge in [-0.1, -0.05) is 57.8 Å². The van der Waals surface area contributed by atoms with Gasteiger partial charge in [-0.2, -0.15) is 0 Å². The molecule has 3 heterocycles. The van der Waals surface area contributed by atoms with Crippen LogP contribution in [0.4, 0.5) is 0 Å². The predicted molar refractivity (Wildman–Crippen MR) is 176 cm³/mol. The molecular weight excluding hydrogens is 526 g/mol. The van der Waals surface area contributed by atoms with Crippen LogP contribution in [0.2, 0.25) is 0 Å². The molecule has 0 amide bonds. The van der Waals surface area contributed by atoms with Gasteiger partial charge in [-0.3, -0.25) is 15.1 Å². The maximum absolute atomic E-state index is 10.6. The molecule has 0 aromatic rings. The fourth-order valence-corrected chi connectivity index (χ4v) is 8.57. The first-order valence-electron chi connectivity index (χ1n) is 16.8. The number of hydrogen-bond donors (Lipinski definition) is 4. The molecule has 7 heteroatoms. The van der Waals surface area contributed by atoms with Crippen molar-refractivity contribution in [2.45, 2.75) is 142 Å². The van der Waals surface area contributed by atoms with Crippen molar-refractivity contribution in [3.8, 4) is 0 Å². The third-order valence-corrected chi connectivity index (χ3v) is 11.5. The van der Waals surface area contributed by atoms with Gasteiger partial charge < -0.3 is 10.5 Å². The van der Waals surface area contributed by atoms with Gasteiger partial charge in [0, 0.05) is 49.2 Å². The van der Waals surface area contributed by atoms with Gasteiger partial charge in [0.1, 0.15) is 0 Å². The van der Waals surface area contributed by atoms with Gasteiger partial charge in [-0.25, -0.2) is 5.43 Å². The number of aliphatic hydroxyl groups excluding tert-OH is 1. The van der Waals surface area contributed by atoms with E-state index in [9.17, 15) is 5.11 Å². The minimum Gasteiger partial charge on any atom is -0.381 e. The number of hydrogen-bond acceptors (Lipinski definition) is 7. The highest BCUT2D eigenvalue weighted by Crippen LogP contribution is 2.38. The standard InChI is InChI=1S/C34H61N5OS/c1-7-32-16-13-28(23-41-32)33(38(24-40)22-27-11-9-8-10-12-27)17-18-39-30-14-15-31(39)20-29(19-30)36-34(5,6)37-35-21-26(4)25(2)3/h13,16,21,25,27,29-31,33,35-37,40H,7-12,14-15,17-20,22-24H2,1-6H3/b26-21-/t29?,30?,31?,33-/m0/s1. The Bertz CT molecular complexity index is 895. The van der Waals surface area contributed by atoms with Crippen LogP contribution in [0.3, 0.4) is 0 Å². The number of nitrogens with zero attached hydrogens (tertiary/aromatic N) is 2. The van der Waals surface area contributed by atoms with E-state index in [2.05, 4.69) is 85.9 Å². The van der Waals surface area contributed by atoms with E-state index in [1.165, 1.54) is 73.8 Å². The Balaban J connectivity index is 1.35. The Kier molecular flexibility index (Phi) is 12.7. The van der Waals surface area contributed by atoms with E-state index >= 15 is 0 Å². The topological polar surface area (TPSA) is 62.8 Å². The molecule has 2 unspecified atom stereocenters. The minimum absolute atomic E-state index is 0.175. The number of rotatable bonds is 15. The van der Waals surface area contributed by atoms with Crippen molar-refractivity contribution in [1.82, 2.24) is 26.0 Å². The zero-order valence-electron chi connectivity index (χ0n) is 27.1. The molecule has 0 radical (unpaired) electrons. The van der Waals surface area contributed by atoms with E-state index in [1.807, 2.05) is 11.8 Å². The van der Waals surface area contributed by atoms with Crippen molar-refractivity contribution in [1.29, 1.82) is 0 Å². The number of aliphatic hydroxyl groups is 1. The lowest BCUT2D eigenvalue weighted by molar-refractivity contribution is 0.0427. The summed E-state index contributed by atoms with van der Waals surface area (Å²) in [6.07, 6.45) is 20.9. The molecular formula is C34H61N5OS. The molecule has 2 bridgehead atoms. The highest BCUT2D eigenvalue weighted by Gasteiger charge is 2.42. The molecule has 3 aliphatic heterocycles. The summed E-state index contributed by atoms with van der Waals surface area (Å²) >= 11 is 2.01. The summed E-state index contributed by atoms with van der Waals surface area (Å²) in [6, 6.07) is 2.21. The number of hydrazine groups is 1. The molecule has 0 aromatic carbocycles. The van der Waals surface area contributed by atoms with Crippen molar-refractivity contribution in [3.05, 3.63) is 34.4 Å². The molecule has 3 atom stereocenters. The number of nitrogens with one attached hydrogen (secondary N) is 3. The second-order valence-corrected chi connectivity index (χ2v) is 15.2. The summed E-state index contributed by atoms with van der Waals surface area (Å²) in [6.45, 7) is 15.7. The van der Waals surface area contributed by atoms with E-state index in [-0.39, 0.29) is 12.4 Å². The van der Waals surface area contributed by atoms with Gasteiger partial charge in [0.25, 0.3) is 0 Å². The Morgan fingerprint density at radius 2 is 1.83 bits per heavy atom. The molecule has 234 valence electrons. The molecule has 0 spiro atoms. The number of allylic oxidation sites excluding steroid dienone is 4. The van der Waals surface area contributed by atoms with Crippen LogP contribution >= 0.6 is 11.8 Å². The van der Waals surface area contributed by atoms with Gasteiger partial charge in [0.05, 0.1) is 12.4 Å². The molecule has 1 saturated carbocycles. The third kappa shape index (κ3) is 9.58. The normalized spacial score (nSPS) is 27.3. The van der Waals surface area contributed by atoms with Crippen LogP contribution < -0.4 is 16.2 Å². The van der Waals surface area contributed by atoms with Crippen LogP contribution in [0, 0.1) is 11.8 Å². The van der Waals surface area contributed by atoms with E-state index < -0.39 is 0 Å². The van der Waals surface area contributed by atoms with Gasteiger partial charge in [-0.15, -0.1) is 11.8 Å². The Labute approximate surface area is 256 Å². The predicted octanol–water partition coefficient (Wildman–Crippen LogP) is 6.52.